The molecule has 1 amide bonds. The van der Waals surface area contributed by atoms with Crippen molar-refractivity contribution in [2.75, 3.05) is 5.75 Å². The zero-order chi connectivity index (χ0) is 18.6. The number of aliphatic carboxylic acids is 1. The highest BCUT2D eigenvalue weighted by Crippen LogP contribution is 2.53. The van der Waals surface area contributed by atoms with Crippen LogP contribution in [-0.4, -0.2) is 48.3 Å². The van der Waals surface area contributed by atoms with Crippen LogP contribution in [0.25, 0.3) is 0 Å². The van der Waals surface area contributed by atoms with E-state index in [2.05, 4.69) is 20.1 Å². The fourth-order valence-corrected chi connectivity index (χ4v) is 6.77. The molecule has 2 aliphatic carbocycles. The van der Waals surface area contributed by atoms with Crippen LogP contribution in [0.3, 0.4) is 0 Å². The molecule has 2 unspecified atom stereocenters. The highest BCUT2D eigenvalue weighted by atomic mass is 32.2. The Morgan fingerprint density at radius 2 is 1.93 bits per heavy atom. The first-order valence-corrected chi connectivity index (χ1v) is 11.1. The van der Waals surface area contributed by atoms with Crippen molar-refractivity contribution in [1.82, 2.24) is 20.1 Å². The van der Waals surface area contributed by atoms with Gasteiger partial charge in [0.2, 0.25) is 5.91 Å². The van der Waals surface area contributed by atoms with Crippen molar-refractivity contribution in [3.8, 4) is 0 Å². The second kappa shape index (κ2) is 6.50. The molecule has 0 aromatic carbocycles. The topological polar surface area (TPSA) is 97.1 Å². The highest BCUT2D eigenvalue weighted by molar-refractivity contribution is 8.00. The van der Waals surface area contributed by atoms with Gasteiger partial charge >= 0.3 is 5.97 Å². The van der Waals surface area contributed by atoms with Crippen LogP contribution in [0.2, 0.25) is 0 Å². The third kappa shape index (κ3) is 3.26. The summed E-state index contributed by atoms with van der Waals surface area (Å²) in [6.45, 7) is 0.702. The maximum absolute atomic E-state index is 12.9. The fourth-order valence-electron chi connectivity index (χ4n) is 4.97. The zero-order valence-electron chi connectivity index (χ0n) is 15.4. The van der Waals surface area contributed by atoms with Crippen LogP contribution >= 0.6 is 11.8 Å². The van der Waals surface area contributed by atoms with Crippen LogP contribution in [0.15, 0.2) is 0 Å². The molecular weight excluding hydrogens is 364 g/mol. The van der Waals surface area contributed by atoms with Crippen LogP contribution in [-0.2, 0) is 22.6 Å². The molecule has 2 aliphatic heterocycles. The van der Waals surface area contributed by atoms with Crippen molar-refractivity contribution in [3.63, 3.8) is 0 Å². The van der Waals surface area contributed by atoms with Crippen molar-refractivity contribution >= 4 is 23.6 Å². The molecule has 3 fully saturated rings. The zero-order valence-corrected chi connectivity index (χ0v) is 16.2. The van der Waals surface area contributed by atoms with Crippen molar-refractivity contribution in [1.29, 1.82) is 0 Å². The molecule has 146 valence electrons. The van der Waals surface area contributed by atoms with E-state index in [1.165, 1.54) is 12.8 Å². The Labute approximate surface area is 162 Å². The number of hydrogen-bond donors (Lipinski definition) is 2. The molecule has 3 heterocycles. The number of carbonyl (C=O) groups is 2. The summed E-state index contributed by atoms with van der Waals surface area (Å²) in [6, 6.07) is 0.179. The summed E-state index contributed by atoms with van der Waals surface area (Å²) in [7, 11) is 0. The van der Waals surface area contributed by atoms with E-state index in [1.54, 1.807) is 0 Å². The summed E-state index contributed by atoms with van der Waals surface area (Å²) in [6.07, 6.45) is 7.42. The number of amides is 1. The number of thioether (sulfide) groups is 1. The predicted molar refractivity (Wildman–Crippen MR) is 101 cm³/mol. The lowest BCUT2D eigenvalue weighted by molar-refractivity contribution is -0.146. The fraction of sp³-hybridized carbons (Fsp3) is 0.789. The van der Waals surface area contributed by atoms with Gasteiger partial charge in [0.1, 0.15) is 11.6 Å². The summed E-state index contributed by atoms with van der Waals surface area (Å²) in [5, 5.41) is 21.1. The molecule has 4 aliphatic rings. The molecule has 1 aromatic heterocycles. The first kappa shape index (κ1) is 17.5. The minimum atomic E-state index is -0.675. The van der Waals surface area contributed by atoms with Crippen LogP contribution in [0, 0.1) is 11.8 Å². The van der Waals surface area contributed by atoms with Gasteiger partial charge < -0.3 is 15.0 Å². The SMILES string of the molecule is O=C(O)C1CC2(CC(NC(=O)C3CCc4nnc(C5CC5)n4C3)CCS2)C1. The van der Waals surface area contributed by atoms with Crippen LogP contribution < -0.4 is 5.32 Å². The summed E-state index contributed by atoms with van der Waals surface area (Å²) in [5.74, 6) is 2.92. The van der Waals surface area contributed by atoms with Crippen molar-refractivity contribution in [2.24, 2.45) is 11.8 Å². The van der Waals surface area contributed by atoms with E-state index in [4.69, 9.17) is 5.11 Å². The summed E-state index contributed by atoms with van der Waals surface area (Å²) < 4.78 is 2.26. The minimum Gasteiger partial charge on any atom is -0.481 e. The lowest BCUT2D eigenvalue weighted by Crippen LogP contribution is -2.53. The number of rotatable bonds is 4. The molecule has 5 rings (SSSR count). The van der Waals surface area contributed by atoms with Gasteiger partial charge in [-0.15, -0.1) is 10.2 Å². The van der Waals surface area contributed by atoms with E-state index in [0.29, 0.717) is 12.5 Å². The third-order valence-electron chi connectivity index (χ3n) is 6.71. The molecule has 1 saturated heterocycles. The van der Waals surface area contributed by atoms with Crippen molar-refractivity contribution in [2.45, 2.75) is 74.6 Å². The van der Waals surface area contributed by atoms with E-state index in [1.807, 2.05) is 11.8 Å². The number of aromatic nitrogens is 3. The summed E-state index contributed by atoms with van der Waals surface area (Å²) in [5.41, 5.74) is 0. The number of nitrogens with zero attached hydrogens (tertiary/aromatic N) is 3. The van der Waals surface area contributed by atoms with Gasteiger partial charge in [-0.2, -0.15) is 11.8 Å². The number of aryl methyl sites for hydroxylation is 1. The Bertz CT molecular complexity index is 769. The molecule has 2 atom stereocenters. The maximum Gasteiger partial charge on any atom is 0.306 e. The number of carbonyl (C=O) groups excluding carboxylic acids is 1. The quantitative estimate of drug-likeness (QED) is 0.816. The second-order valence-corrected chi connectivity index (χ2v) is 10.3. The van der Waals surface area contributed by atoms with Gasteiger partial charge in [0.25, 0.3) is 0 Å². The average molecular weight is 391 g/mol. The molecule has 27 heavy (non-hydrogen) atoms. The molecule has 2 saturated carbocycles. The number of fused-ring (bicyclic) bond motifs is 1. The van der Waals surface area contributed by atoms with E-state index in [0.717, 1.165) is 55.9 Å². The van der Waals surface area contributed by atoms with E-state index in [9.17, 15) is 9.59 Å². The first-order valence-electron chi connectivity index (χ1n) is 10.1. The second-order valence-electron chi connectivity index (χ2n) is 8.77. The lowest BCUT2D eigenvalue weighted by atomic mass is 9.70. The first-order chi connectivity index (χ1) is 13.0. The molecule has 8 heteroatoms. The van der Waals surface area contributed by atoms with Crippen molar-refractivity contribution < 1.29 is 14.7 Å². The van der Waals surface area contributed by atoms with E-state index >= 15 is 0 Å². The lowest BCUT2D eigenvalue weighted by Gasteiger charge is -2.50. The minimum absolute atomic E-state index is 0.00955. The number of carboxylic acids is 1. The Balaban J connectivity index is 1.20. The van der Waals surface area contributed by atoms with Gasteiger partial charge in [-0.3, -0.25) is 9.59 Å². The standard InChI is InChI=1S/C19H26N4O3S/c24-17(12-3-4-15-21-22-16(11-1-2-11)23(15)10-12)20-14-5-6-27-19(9-14)7-13(8-19)18(25)26/h11-14H,1-10H2,(H,20,24)(H,25,26). The van der Waals surface area contributed by atoms with E-state index in [-0.39, 0.29) is 28.5 Å². The average Bonchev–Trinajstić information content (AvgIpc) is 3.38. The smallest absolute Gasteiger partial charge is 0.306 e. The van der Waals surface area contributed by atoms with Crippen molar-refractivity contribution in [3.05, 3.63) is 11.6 Å². The largest absolute Gasteiger partial charge is 0.481 e. The number of nitrogens with one attached hydrogen (secondary N) is 1. The van der Waals surface area contributed by atoms with Gasteiger partial charge in [0.05, 0.1) is 11.8 Å². The molecule has 0 bridgehead atoms. The highest BCUT2D eigenvalue weighted by Gasteiger charge is 2.50. The van der Waals surface area contributed by atoms with Gasteiger partial charge in [-0.05, 0) is 50.7 Å². The number of carboxylic acid groups (broad SMARTS) is 1. The Kier molecular flexibility index (Phi) is 4.22. The molecule has 0 radical (unpaired) electrons. The van der Waals surface area contributed by atoms with Gasteiger partial charge in [0, 0.05) is 29.7 Å². The molecule has 2 N–H and O–H groups in total. The van der Waals surface area contributed by atoms with Crippen LogP contribution in [0.1, 0.15) is 62.5 Å². The summed E-state index contributed by atoms with van der Waals surface area (Å²) >= 11 is 1.91. The molecular formula is C19H26N4O3S. The monoisotopic (exact) mass is 390 g/mol. The predicted octanol–water partition coefficient (Wildman–Crippen LogP) is 1.96. The molecule has 1 spiro atoms. The Morgan fingerprint density at radius 1 is 1.11 bits per heavy atom. The molecule has 7 nitrogen and oxygen atoms in total. The maximum atomic E-state index is 12.9. The Hall–Kier alpha value is -1.57. The third-order valence-corrected chi connectivity index (χ3v) is 8.27. The van der Waals surface area contributed by atoms with Crippen LogP contribution in [0.4, 0.5) is 0 Å². The van der Waals surface area contributed by atoms with Gasteiger partial charge in [-0.25, -0.2) is 0 Å². The number of hydrogen-bond acceptors (Lipinski definition) is 5. The van der Waals surface area contributed by atoms with Gasteiger partial charge in [0.15, 0.2) is 0 Å². The van der Waals surface area contributed by atoms with Gasteiger partial charge in [-0.1, -0.05) is 0 Å². The van der Waals surface area contributed by atoms with E-state index < -0.39 is 5.97 Å². The normalized spacial score (nSPS) is 35.3. The van der Waals surface area contributed by atoms with Crippen LogP contribution in [0.5, 0.6) is 0 Å². The Morgan fingerprint density at radius 3 is 2.67 bits per heavy atom. The summed E-state index contributed by atoms with van der Waals surface area (Å²) in [4.78, 5) is 24.1. The molecule has 1 aromatic rings.